The molecule has 0 saturated heterocycles. The Morgan fingerprint density at radius 3 is 1.91 bits per heavy atom. The Morgan fingerprint density at radius 2 is 1.64 bits per heavy atom. The van der Waals surface area contributed by atoms with Gasteiger partial charge < -0.3 is 0 Å². The molecule has 0 unspecified atom stereocenters. The Labute approximate surface area is 66.3 Å². The van der Waals surface area contributed by atoms with Crippen LogP contribution < -0.4 is 0 Å². The summed E-state index contributed by atoms with van der Waals surface area (Å²) in [5.74, 6) is -5.47. The highest BCUT2D eigenvalue weighted by molar-refractivity contribution is 7.84. The normalized spacial score (nSPS) is 14.5. The van der Waals surface area contributed by atoms with Crippen LogP contribution in [0.1, 0.15) is 0 Å². The van der Waals surface area contributed by atoms with Gasteiger partial charge in [-0.25, -0.2) is 17.6 Å². The van der Waals surface area contributed by atoms with Crippen molar-refractivity contribution in [3.05, 3.63) is 35.3 Å². The van der Waals surface area contributed by atoms with Gasteiger partial charge in [-0.1, -0.05) is 6.58 Å². The van der Waals surface area contributed by atoms with Gasteiger partial charge in [-0.2, -0.15) is 0 Å². The summed E-state index contributed by atoms with van der Waals surface area (Å²) in [6, 6.07) is 0. The molecule has 0 radical (unpaired) electrons. The first kappa shape index (κ1) is 10.3. The van der Waals surface area contributed by atoms with Crippen molar-refractivity contribution in [2.45, 2.75) is 0 Å². The van der Waals surface area contributed by atoms with Gasteiger partial charge >= 0.3 is 0 Å². The average Bonchev–Trinajstić information content (AvgIpc) is 2.00. The number of rotatable bonds is 2. The first-order valence-corrected chi connectivity index (χ1v) is 2.85. The van der Waals surface area contributed by atoms with Crippen molar-refractivity contribution in [1.82, 2.24) is 0 Å². The molecule has 0 aromatic rings. The summed E-state index contributed by atoms with van der Waals surface area (Å²) in [5, 5.41) is 0. The molecule has 62 valence electrons. The molecule has 0 amide bonds. The summed E-state index contributed by atoms with van der Waals surface area (Å²) in [7, 11) is 0. The minimum absolute atomic E-state index is 0.598. The molecule has 0 spiro atoms. The maximum atomic E-state index is 12.2. The van der Waals surface area contributed by atoms with Gasteiger partial charge in [-0.15, -0.1) is 12.6 Å². The molecule has 11 heavy (non-hydrogen) atoms. The van der Waals surface area contributed by atoms with Crippen molar-refractivity contribution in [2.24, 2.45) is 0 Å². The lowest BCUT2D eigenvalue weighted by Crippen LogP contribution is -1.81. The molecule has 5 heteroatoms. The Kier molecular flexibility index (Phi) is 3.95. The molecule has 0 heterocycles. The lowest BCUT2D eigenvalue weighted by Gasteiger charge is -1.94. The molecule has 0 nitrogen and oxygen atoms in total. The van der Waals surface area contributed by atoms with Crippen LogP contribution in [0.15, 0.2) is 35.3 Å². The smallest absolute Gasteiger partial charge is 0.197 e. The van der Waals surface area contributed by atoms with Crippen molar-refractivity contribution in [2.75, 3.05) is 0 Å². The molecule has 0 aromatic carbocycles. The maximum absolute atomic E-state index is 12.2. The highest BCUT2D eigenvalue weighted by Gasteiger charge is 2.12. The van der Waals surface area contributed by atoms with Gasteiger partial charge in [-0.3, -0.25) is 0 Å². The van der Waals surface area contributed by atoms with Crippen LogP contribution in [-0.4, -0.2) is 0 Å². The van der Waals surface area contributed by atoms with E-state index < -0.39 is 28.7 Å². The van der Waals surface area contributed by atoms with E-state index in [9.17, 15) is 17.6 Å². The Morgan fingerprint density at radius 1 is 1.18 bits per heavy atom. The van der Waals surface area contributed by atoms with Gasteiger partial charge in [0.2, 0.25) is 0 Å². The third kappa shape index (κ3) is 2.80. The van der Waals surface area contributed by atoms with Crippen LogP contribution in [0.2, 0.25) is 0 Å². The standard InChI is InChI=1S/C6H4F4S/c1-3(11)5(9)6(10)4(8)2-7/h2,11H,1H2/b4-2-,6-5-. The molecule has 0 bridgehead atoms. The molecule has 0 saturated carbocycles. The van der Waals surface area contributed by atoms with Crippen LogP contribution in [0.4, 0.5) is 17.6 Å². The van der Waals surface area contributed by atoms with Crippen molar-refractivity contribution < 1.29 is 17.6 Å². The Bertz CT molecular complexity index is 229. The third-order valence-corrected chi connectivity index (χ3v) is 0.948. The van der Waals surface area contributed by atoms with Crippen LogP contribution in [0.3, 0.4) is 0 Å². The van der Waals surface area contributed by atoms with Gasteiger partial charge in [0, 0.05) is 4.91 Å². The molecule has 0 aliphatic rings. The fourth-order valence-electron chi connectivity index (χ4n) is 0.279. The molecule has 0 aromatic heterocycles. The van der Waals surface area contributed by atoms with E-state index in [1.165, 1.54) is 0 Å². The summed E-state index contributed by atoms with van der Waals surface area (Å²) in [4.78, 5) is -0.598. The van der Waals surface area contributed by atoms with Crippen LogP contribution in [0, 0.1) is 0 Å². The lowest BCUT2D eigenvalue weighted by atomic mass is 10.4. The number of thiol groups is 1. The minimum Gasteiger partial charge on any atom is -0.212 e. The van der Waals surface area contributed by atoms with Crippen LogP contribution in [0.25, 0.3) is 0 Å². The molecule has 0 fully saturated rings. The second-order valence-corrected chi connectivity index (χ2v) is 2.07. The minimum atomic E-state index is -1.94. The average molecular weight is 184 g/mol. The quantitative estimate of drug-likeness (QED) is 0.379. The molecule has 0 rings (SSSR count). The van der Waals surface area contributed by atoms with E-state index >= 15 is 0 Å². The predicted octanol–water partition coefficient (Wildman–Crippen LogP) is 3.36. The van der Waals surface area contributed by atoms with Crippen molar-refractivity contribution >= 4 is 12.6 Å². The van der Waals surface area contributed by atoms with Gasteiger partial charge in [0.05, 0.1) is 0 Å². The first-order valence-electron chi connectivity index (χ1n) is 2.40. The summed E-state index contributed by atoms with van der Waals surface area (Å²) in [5.41, 5.74) is 0. The van der Waals surface area contributed by atoms with Crippen LogP contribution in [-0.2, 0) is 0 Å². The summed E-state index contributed by atoms with van der Waals surface area (Å²) in [6.07, 6.45) is -0.689. The zero-order chi connectivity index (χ0) is 9.02. The second kappa shape index (κ2) is 4.23. The monoisotopic (exact) mass is 184 g/mol. The topological polar surface area (TPSA) is 0 Å². The van der Waals surface area contributed by atoms with E-state index in [1.807, 2.05) is 0 Å². The summed E-state index contributed by atoms with van der Waals surface area (Å²) < 4.78 is 47.5. The van der Waals surface area contributed by atoms with E-state index in [4.69, 9.17) is 0 Å². The second-order valence-electron chi connectivity index (χ2n) is 1.53. The van der Waals surface area contributed by atoms with Crippen molar-refractivity contribution in [1.29, 1.82) is 0 Å². The van der Waals surface area contributed by atoms with Gasteiger partial charge in [-0.05, 0) is 0 Å². The van der Waals surface area contributed by atoms with E-state index in [-0.39, 0.29) is 0 Å². The molecular weight excluding hydrogens is 180 g/mol. The third-order valence-electron chi connectivity index (χ3n) is 0.752. The number of allylic oxidation sites excluding steroid dienone is 3. The van der Waals surface area contributed by atoms with E-state index in [2.05, 4.69) is 19.2 Å². The Balaban J connectivity index is 4.81. The zero-order valence-electron chi connectivity index (χ0n) is 5.24. The van der Waals surface area contributed by atoms with E-state index in [1.54, 1.807) is 0 Å². The van der Waals surface area contributed by atoms with Gasteiger partial charge in [0.15, 0.2) is 17.5 Å². The zero-order valence-corrected chi connectivity index (χ0v) is 6.14. The lowest BCUT2D eigenvalue weighted by molar-refractivity contribution is 0.487. The largest absolute Gasteiger partial charge is 0.212 e. The number of hydrogen-bond acceptors (Lipinski definition) is 1. The van der Waals surface area contributed by atoms with Crippen molar-refractivity contribution in [3.8, 4) is 0 Å². The fraction of sp³-hybridized carbons (Fsp3) is 0. The molecule has 0 atom stereocenters. The van der Waals surface area contributed by atoms with E-state index in [0.717, 1.165) is 0 Å². The molecule has 0 aliphatic heterocycles. The van der Waals surface area contributed by atoms with Crippen molar-refractivity contribution in [3.63, 3.8) is 0 Å². The maximum Gasteiger partial charge on any atom is 0.197 e. The highest BCUT2D eigenvalue weighted by Crippen LogP contribution is 2.24. The van der Waals surface area contributed by atoms with E-state index in [0.29, 0.717) is 0 Å². The SMILES string of the molecule is C=C(S)/C(F)=C(F)\C(F)=C\F. The summed E-state index contributed by atoms with van der Waals surface area (Å²) in [6.45, 7) is 2.87. The summed E-state index contributed by atoms with van der Waals surface area (Å²) >= 11 is 3.28. The van der Waals surface area contributed by atoms with Gasteiger partial charge in [0.25, 0.3) is 0 Å². The number of hydrogen-bond donors (Lipinski definition) is 1. The molecular formula is C6H4F4S. The van der Waals surface area contributed by atoms with Gasteiger partial charge in [0.1, 0.15) is 6.33 Å². The fourth-order valence-corrected chi connectivity index (χ4v) is 0.378. The number of halogens is 4. The first-order chi connectivity index (χ1) is 5.00. The predicted molar refractivity (Wildman–Crippen MR) is 37.7 cm³/mol. The highest BCUT2D eigenvalue weighted by atomic mass is 32.1. The Hall–Kier alpha value is -0.710. The molecule has 0 aliphatic carbocycles. The van der Waals surface area contributed by atoms with Crippen LogP contribution in [0.5, 0.6) is 0 Å². The van der Waals surface area contributed by atoms with Crippen LogP contribution >= 0.6 is 12.6 Å². The molecule has 0 N–H and O–H groups in total.